The van der Waals surface area contributed by atoms with Gasteiger partial charge in [0.15, 0.2) is 18.1 Å². The lowest BCUT2D eigenvalue weighted by Gasteiger charge is -2.14. The van der Waals surface area contributed by atoms with Crippen molar-refractivity contribution in [1.29, 1.82) is 0 Å². The van der Waals surface area contributed by atoms with Crippen LogP contribution in [0.15, 0.2) is 40.9 Å². The van der Waals surface area contributed by atoms with Crippen molar-refractivity contribution in [3.63, 3.8) is 0 Å². The first-order valence-electron chi connectivity index (χ1n) is 8.73. The number of halogens is 2. The summed E-state index contributed by atoms with van der Waals surface area (Å²) in [5, 5.41) is 2.63. The number of ether oxygens (including phenoxy) is 4. The Bertz CT molecular complexity index is 947. The Morgan fingerprint density at radius 1 is 1.03 bits per heavy atom. The van der Waals surface area contributed by atoms with Gasteiger partial charge in [0.05, 0.1) is 21.3 Å². The number of rotatable bonds is 9. The van der Waals surface area contributed by atoms with Crippen molar-refractivity contribution in [2.24, 2.45) is 0 Å². The van der Waals surface area contributed by atoms with Crippen molar-refractivity contribution in [1.82, 2.24) is 5.32 Å². The van der Waals surface area contributed by atoms with E-state index < -0.39 is 24.3 Å². The van der Waals surface area contributed by atoms with Gasteiger partial charge < -0.3 is 24.3 Å². The monoisotopic (exact) mass is 481 g/mol. The van der Waals surface area contributed by atoms with E-state index in [0.29, 0.717) is 27.3 Å². The van der Waals surface area contributed by atoms with Gasteiger partial charge in [0.25, 0.3) is 5.91 Å². The lowest BCUT2D eigenvalue weighted by Crippen LogP contribution is -2.28. The fraction of sp³-hybridized carbons (Fsp3) is 0.238. The predicted molar refractivity (Wildman–Crippen MR) is 112 cm³/mol. The van der Waals surface area contributed by atoms with Gasteiger partial charge in [-0.25, -0.2) is 9.18 Å². The molecule has 0 radical (unpaired) electrons. The van der Waals surface area contributed by atoms with Crippen LogP contribution in [-0.4, -0.2) is 39.8 Å². The molecule has 0 fully saturated rings. The molecule has 7 nitrogen and oxygen atoms in total. The van der Waals surface area contributed by atoms with E-state index in [1.54, 1.807) is 18.2 Å². The summed E-state index contributed by atoms with van der Waals surface area (Å²) in [5.74, 6) is -0.283. The molecule has 9 heteroatoms. The van der Waals surface area contributed by atoms with Crippen LogP contribution in [0, 0.1) is 5.82 Å². The minimum atomic E-state index is -0.770. The summed E-state index contributed by atoms with van der Waals surface area (Å²) in [6, 6.07) is 7.65. The summed E-state index contributed by atoms with van der Waals surface area (Å²) >= 11 is 3.22. The van der Waals surface area contributed by atoms with Gasteiger partial charge in [-0.05, 0) is 30.3 Å². The number of amides is 1. The molecule has 0 bridgehead atoms. The van der Waals surface area contributed by atoms with E-state index in [1.807, 2.05) is 0 Å². The van der Waals surface area contributed by atoms with E-state index >= 15 is 0 Å². The molecule has 0 heterocycles. The summed E-state index contributed by atoms with van der Waals surface area (Å²) in [6.07, 6.45) is 2.32. The third-order valence-corrected chi connectivity index (χ3v) is 4.46. The molecule has 30 heavy (non-hydrogen) atoms. The number of benzene rings is 2. The van der Waals surface area contributed by atoms with Crippen LogP contribution >= 0.6 is 15.9 Å². The third-order valence-electron chi connectivity index (χ3n) is 3.97. The van der Waals surface area contributed by atoms with Crippen molar-refractivity contribution in [3.8, 4) is 17.2 Å². The maximum Gasteiger partial charge on any atom is 0.331 e. The highest BCUT2D eigenvalue weighted by Gasteiger charge is 2.13. The summed E-state index contributed by atoms with van der Waals surface area (Å²) in [7, 11) is 4.50. The molecule has 0 aromatic heterocycles. The Kier molecular flexibility index (Phi) is 8.67. The van der Waals surface area contributed by atoms with Gasteiger partial charge in [-0.2, -0.15) is 0 Å². The zero-order valence-electron chi connectivity index (χ0n) is 16.7. The fourth-order valence-electron chi connectivity index (χ4n) is 2.46. The van der Waals surface area contributed by atoms with Crippen LogP contribution < -0.4 is 19.5 Å². The molecule has 0 unspecified atom stereocenters. The fourth-order valence-corrected chi connectivity index (χ4v) is 2.84. The molecule has 0 spiro atoms. The number of hydrogen-bond donors (Lipinski definition) is 1. The predicted octanol–water partition coefficient (Wildman–Crippen LogP) is 3.49. The molecule has 1 amide bonds. The highest BCUT2D eigenvalue weighted by molar-refractivity contribution is 9.10. The molecule has 0 aliphatic heterocycles. The number of hydrogen-bond acceptors (Lipinski definition) is 6. The largest absolute Gasteiger partial charge is 0.496 e. The van der Waals surface area contributed by atoms with Crippen LogP contribution in [0.3, 0.4) is 0 Å². The van der Waals surface area contributed by atoms with E-state index in [1.165, 1.54) is 39.5 Å². The van der Waals surface area contributed by atoms with E-state index in [0.717, 1.165) is 6.08 Å². The van der Waals surface area contributed by atoms with Gasteiger partial charge >= 0.3 is 5.97 Å². The molecule has 0 aliphatic carbocycles. The van der Waals surface area contributed by atoms with Gasteiger partial charge in [0.1, 0.15) is 11.6 Å². The van der Waals surface area contributed by atoms with Crippen LogP contribution in [0.5, 0.6) is 17.2 Å². The summed E-state index contributed by atoms with van der Waals surface area (Å²) < 4.78 is 34.9. The molecular formula is C21H21BrFNO6. The molecule has 1 N–H and O–H groups in total. The molecule has 0 atom stereocenters. The van der Waals surface area contributed by atoms with Gasteiger partial charge in [-0.15, -0.1) is 0 Å². The lowest BCUT2D eigenvalue weighted by molar-refractivity contribution is -0.143. The Labute approximate surface area is 181 Å². The van der Waals surface area contributed by atoms with Gasteiger partial charge in [-0.3, -0.25) is 4.79 Å². The van der Waals surface area contributed by atoms with E-state index in [2.05, 4.69) is 21.2 Å². The van der Waals surface area contributed by atoms with Gasteiger partial charge in [-0.1, -0.05) is 15.9 Å². The van der Waals surface area contributed by atoms with Crippen molar-refractivity contribution >= 4 is 33.9 Å². The van der Waals surface area contributed by atoms with Crippen LogP contribution in [0.1, 0.15) is 11.1 Å². The summed E-state index contributed by atoms with van der Waals surface area (Å²) in [6.45, 7) is -0.362. The van der Waals surface area contributed by atoms with E-state index in [9.17, 15) is 14.0 Å². The number of carbonyl (C=O) groups is 2. The van der Waals surface area contributed by atoms with Gasteiger partial charge in [0.2, 0.25) is 0 Å². The third kappa shape index (κ3) is 6.48. The zero-order valence-corrected chi connectivity index (χ0v) is 18.2. The normalized spacial score (nSPS) is 10.6. The highest BCUT2D eigenvalue weighted by atomic mass is 79.9. The maximum atomic E-state index is 13.6. The Balaban J connectivity index is 1.90. The first kappa shape index (κ1) is 23.2. The Hall–Kier alpha value is -3.07. The molecule has 0 aliphatic rings. The minimum Gasteiger partial charge on any atom is -0.496 e. The molecule has 160 valence electrons. The second-order valence-electron chi connectivity index (χ2n) is 5.90. The molecule has 0 saturated heterocycles. The number of methoxy groups -OCH3 is 3. The second-order valence-corrected chi connectivity index (χ2v) is 6.82. The van der Waals surface area contributed by atoms with Crippen LogP contribution in [-0.2, 0) is 20.9 Å². The Morgan fingerprint density at radius 2 is 1.70 bits per heavy atom. The van der Waals surface area contributed by atoms with Crippen molar-refractivity contribution < 1.29 is 32.9 Å². The van der Waals surface area contributed by atoms with E-state index in [4.69, 9.17) is 18.9 Å². The SMILES string of the molecule is COc1cc(OC)c(OC)cc1CNC(=O)COC(=O)/C=C/c1cc(Br)ccc1F. The number of esters is 1. The molecule has 0 saturated carbocycles. The average molecular weight is 482 g/mol. The van der Waals surface area contributed by atoms with Crippen molar-refractivity contribution in [2.45, 2.75) is 6.54 Å². The molecule has 2 aromatic carbocycles. The second kappa shape index (κ2) is 11.2. The lowest BCUT2D eigenvalue weighted by atomic mass is 10.1. The van der Waals surface area contributed by atoms with Crippen LogP contribution in [0.4, 0.5) is 4.39 Å². The van der Waals surface area contributed by atoms with Crippen LogP contribution in [0.25, 0.3) is 6.08 Å². The van der Waals surface area contributed by atoms with E-state index in [-0.39, 0.29) is 12.1 Å². The zero-order chi connectivity index (χ0) is 22.1. The number of carbonyl (C=O) groups excluding carboxylic acids is 2. The smallest absolute Gasteiger partial charge is 0.331 e. The topological polar surface area (TPSA) is 83.1 Å². The average Bonchev–Trinajstić information content (AvgIpc) is 2.75. The highest BCUT2D eigenvalue weighted by Crippen LogP contribution is 2.34. The molecule has 2 aromatic rings. The van der Waals surface area contributed by atoms with Crippen LogP contribution in [0.2, 0.25) is 0 Å². The van der Waals surface area contributed by atoms with Crippen molar-refractivity contribution in [3.05, 3.63) is 57.8 Å². The van der Waals surface area contributed by atoms with Gasteiger partial charge in [0, 0.05) is 34.3 Å². The summed E-state index contributed by atoms with van der Waals surface area (Å²) in [5.41, 5.74) is 0.867. The standard InChI is InChI=1S/C21H21BrFNO6/c1-27-17-10-19(29-3)18(28-2)9-14(17)11-24-20(25)12-30-21(26)7-4-13-8-15(22)5-6-16(13)23/h4-10H,11-12H2,1-3H3,(H,24,25)/b7-4+. The maximum absolute atomic E-state index is 13.6. The first-order chi connectivity index (χ1) is 14.4. The first-order valence-corrected chi connectivity index (χ1v) is 9.52. The summed E-state index contributed by atoms with van der Waals surface area (Å²) in [4.78, 5) is 23.8. The van der Waals surface area contributed by atoms with Crippen molar-refractivity contribution in [2.75, 3.05) is 27.9 Å². The minimum absolute atomic E-state index is 0.124. The number of nitrogens with one attached hydrogen (secondary N) is 1. The molecule has 2 rings (SSSR count). The Morgan fingerprint density at radius 3 is 2.37 bits per heavy atom. The molecular weight excluding hydrogens is 461 g/mol. The quantitative estimate of drug-likeness (QED) is 0.436.